The molecule has 2 rings (SSSR count). The minimum absolute atomic E-state index is 0.189. The van der Waals surface area contributed by atoms with Crippen molar-refractivity contribution in [2.75, 3.05) is 5.32 Å². The molecule has 5 heteroatoms. The van der Waals surface area contributed by atoms with Crippen molar-refractivity contribution in [3.63, 3.8) is 0 Å². The summed E-state index contributed by atoms with van der Waals surface area (Å²) < 4.78 is 25.2. The van der Waals surface area contributed by atoms with Crippen molar-refractivity contribution in [2.24, 2.45) is 5.92 Å². The fourth-order valence-electron chi connectivity index (χ4n) is 1.65. The van der Waals surface area contributed by atoms with Gasteiger partial charge >= 0.3 is 0 Å². The van der Waals surface area contributed by atoms with E-state index in [1.165, 1.54) is 0 Å². The van der Waals surface area contributed by atoms with Crippen molar-refractivity contribution in [2.45, 2.75) is 24.9 Å². The fraction of sp³-hybridized carbons (Fsp3) is 0.417. The first-order valence-electron chi connectivity index (χ1n) is 5.41. The summed E-state index contributed by atoms with van der Waals surface area (Å²) in [5.41, 5.74) is 0.541. The zero-order chi connectivity index (χ0) is 12.5. The van der Waals surface area contributed by atoms with Gasteiger partial charge in [-0.1, -0.05) is 18.2 Å². The Morgan fingerprint density at radius 1 is 1.47 bits per heavy atom. The van der Waals surface area contributed by atoms with E-state index in [0.29, 0.717) is 5.69 Å². The van der Waals surface area contributed by atoms with Crippen LogP contribution in [0, 0.1) is 5.92 Å². The lowest BCUT2D eigenvalue weighted by Gasteiger charge is -2.10. The molecule has 3 nitrogen and oxygen atoms in total. The molecular weight excluding hydrogens is 228 g/mol. The highest BCUT2D eigenvalue weighted by atomic mass is 19.3. The Bertz CT molecular complexity index is 408. The van der Waals surface area contributed by atoms with Gasteiger partial charge in [-0.05, 0) is 18.6 Å². The van der Waals surface area contributed by atoms with Crippen molar-refractivity contribution < 1.29 is 18.7 Å². The summed E-state index contributed by atoms with van der Waals surface area (Å²) >= 11 is 0. The third kappa shape index (κ3) is 3.00. The number of halogens is 2. The van der Waals surface area contributed by atoms with E-state index in [9.17, 15) is 18.7 Å². The van der Waals surface area contributed by atoms with E-state index in [-0.39, 0.29) is 12.8 Å². The van der Waals surface area contributed by atoms with Crippen LogP contribution in [-0.4, -0.2) is 23.0 Å². The minimum atomic E-state index is -2.70. The van der Waals surface area contributed by atoms with Crippen molar-refractivity contribution in [3.05, 3.63) is 30.3 Å². The molecule has 2 N–H and O–H groups in total. The van der Waals surface area contributed by atoms with E-state index in [1.807, 2.05) is 0 Å². The summed E-state index contributed by atoms with van der Waals surface area (Å²) in [5.74, 6) is -4.20. The Morgan fingerprint density at radius 2 is 2.06 bits per heavy atom. The van der Waals surface area contributed by atoms with Crippen LogP contribution in [0.4, 0.5) is 14.5 Å². The van der Waals surface area contributed by atoms with Gasteiger partial charge in [-0.3, -0.25) is 4.79 Å². The van der Waals surface area contributed by atoms with Crippen LogP contribution in [-0.2, 0) is 4.79 Å². The molecule has 0 radical (unpaired) electrons. The second kappa shape index (κ2) is 4.41. The van der Waals surface area contributed by atoms with Gasteiger partial charge in [-0.2, -0.15) is 0 Å². The lowest BCUT2D eigenvalue weighted by atomic mass is 10.1. The maximum Gasteiger partial charge on any atom is 0.253 e. The maximum atomic E-state index is 12.6. The Balaban J connectivity index is 1.84. The van der Waals surface area contributed by atoms with Crippen LogP contribution in [0.2, 0.25) is 0 Å². The average molecular weight is 241 g/mol. The highest BCUT2D eigenvalue weighted by Gasteiger charge is 2.57. The number of amides is 1. The lowest BCUT2D eigenvalue weighted by molar-refractivity contribution is -0.124. The maximum absolute atomic E-state index is 12.6. The lowest BCUT2D eigenvalue weighted by Crippen LogP contribution is -2.28. The van der Waals surface area contributed by atoms with E-state index >= 15 is 0 Å². The number of hydrogen-bond acceptors (Lipinski definition) is 2. The van der Waals surface area contributed by atoms with Gasteiger partial charge in [-0.25, -0.2) is 8.78 Å². The van der Waals surface area contributed by atoms with Crippen LogP contribution < -0.4 is 5.32 Å². The normalized spacial score (nSPS) is 22.9. The molecule has 0 heterocycles. The van der Waals surface area contributed by atoms with Gasteiger partial charge in [0.2, 0.25) is 0 Å². The first kappa shape index (κ1) is 12.0. The molecule has 1 aliphatic rings. The molecule has 1 saturated carbocycles. The number of benzene rings is 1. The van der Waals surface area contributed by atoms with E-state index in [1.54, 1.807) is 30.3 Å². The number of anilines is 1. The predicted molar refractivity (Wildman–Crippen MR) is 58.7 cm³/mol. The van der Waals surface area contributed by atoms with Crippen LogP contribution in [0.1, 0.15) is 12.8 Å². The molecule has 1 aromatic carbocycles. The molecule has 0 bridgehead atoms. The highest BCUT2D eigenvalue weighted by molar-refractivity contribution is 5.93. The van der Waals surface area contributed by atoms with Crippen molar-refractivity contribution in [1.82, 2.24) is 0 Å². The molecule has 1 aliphatic carbocycles. The summed E-state index contributed by atoms with van der Waals surface area (Å²) in [6.07, 6.45) is -1.80. The number of para-hydroxylation sites is 1. The first-order chi connectivity index (χ1) is 7.99. The first-order valence-corrected chi connectivity index (χ1v) is 5.41. The number of nitrogens with one attached hydrogen (secondary N) is 1. The van der Waals surface area contributed by atoms with E-state index < -0.39 is 23.9 Å². The quantitative estimate of drug-likeness (QED) is 0.847. The second-order valence-electron chi connectivity index (χ2n) is 4.27. The Labute approximate surface area is 97.5 Å². The minimum Gasteiger partial charge on any atom is -0.383 e. The largest absolute Gasteiger partial charge is 0.383 e. The standard InChI is InChI=1S/C12H13F2NO2/c13-12(14)7-8(12)6-10(16)11(17)15-9-4-2-1-3-5-9/h1-5,8,10,16H,6-7H2,(H,15,17). The van der Waals surface area contributed by atoms with Gasteiger partial charge in [-0.15, -0.1) is 0 Å². The smallest absolute Gasteiger partial charge is 0.253 e. The molecule has 0 saturated heterocycles. The monoisotopic (exact) mass is 241 g/mol. The van der Waals surface area contributed by atoms with Crippen LogP contribution in [0.5, 0.6) is 0 Å². The molecule has 2 unspecified atom stereocenters. The number of carbonyl (C=O) groups is 1. The molecule has 1 fully saturated rings. The molecule has 0 aromatic heterocycles. The van der Waals surface area contributed by atoms with Gasteiger partial charge in [0, 0.05) is 18.0 Å². The van der Waals surface area contributed by atoms with E-state index in [0.717, 1.165) is 0 Å². The van der Waals surface area contributed by atoms with Crippen LogP contribution >= 0.6 is 0 Å². The third-order valence-electron chi connectivity index (χ3n) is 2.81. The van der Waals surface area contributed by atoms with E-state index in [2.05, 4.69) is 5.32 Å². The average Bonchev–Trinajstić information content (AvgIpc) is 2.87. The Hall–Kier alpha value is -1.49. The topological polar surface area (TPSA) is 49.3 Å². The van der Waals surface area contributed by atoms with Gasteiger partial charge in [0.1, 0.15) is 6.10 Å². The summed E-state index contributed by atoms with van der Waals surface area (Å²) in [6.45, 7) is 0. The number of aliphatic hydroxyl groups excluding tert-OH is 1. The van der Waals surface area contributed by atoms with Gasteiger partial charge in [0.05, 0.1) is 0 Å². The number of hydrogen-bond donors (Lipinski definition) is 2. The second-order valence-corrected chi connectivity index (χ2v) is 4.27. The zero-order valence-electron chi connectivity index (χ0n) is 9.07. The molecule has 1 aromatic rings. The number of rotatable bonds is 4. The highest BCUT2D eigenvalue weighted by Crippen LogP contribution is 2.51. The number of carbonyl (C=O) groups excluding carboxylic acids is 1. The number of aliphatic hydroxyl groups is 1. The molecule has 0 spiro atoms. The van der Waals surface area contributed by atoms with Crippen LogP contribution in [0.3, 0.4) is 0 Å². The zero-order valence-corrected chi connectivity index (χ0v) is 9.07. The molecular formula is C12H13F2NO2. The van der Waals surface area contributed by atoms with Crippen LogP contribution in [0.25, 0.3) is 0 Å². The Morgan fingerprint density at radius 3 is 2.59 bits per heavy atom. The fourth-order valence-corrected chi connectivity index (χ4v) is 1.65. The van der Waals surface area contributed by atoms with Crippen molar-refractivity contribution in [1.29, 1.82) is 0 Å². The van der Waals surface area contributed by atoms with Crippen molar-refractivity contribution in [3.8, 4) is 0 Å². The van der Waals surface area contributed by atoms with Gasteiger partial charge in [0.15, 0.2) is 0 Å². The molecule has 2 atom stereocenters. The van der Waals surface area contributed by atoms with Gasteiger partial charge in [0.25, 0.3) is 11.8 Å². The molecule has 17 heavy (non-hydrogen) atoms. The molecule has 1 amide bonds. The Kier molecular flexibility index (Phi) is 3.11. The summed E-state index contributed by atoms with van der Waals surface area (Å²) in [7, 11) is 0. The number of alkyl halides is 2. The summed E-state index contributed by atoms with van der Waals surface area (Å²) in [5, 5.41) is 11.9. The molecule has 0 aliphatic heterocycles. The molecule has 92 valence electrons. The van der Waals surface area contributed by atoms with E-state index in [4.69, 9.17) is 0 Å². The summed E-state index contributed by atoms with van der Waals surface area (Å²) in [4.78, 5) is 11.5. The third-order valence-corrected chi connectivity index (χ3v) is 2.81. The van der Waals surface area contributed by atoms with Crippen molar-refractivity contribution >= 4 is 11.6 Å². The van der Waals surface area contributed by atoms with Gasteiger partial charge < -0.3 is 10.4 Å². The van der Waals surface area contributed by atoms with Crippen LogP contribution in [0.15, 0.2) is 30.3 Å². The predicted octanol–water partition coefficient (Wildman–Crippen LogP) is 2.03. The summed E-state index contributed by atoms with van der Waals surface area (Å²) in [6, 6.07) is 8.58. The SMILES string of the molecule is O=C(Nc1ccccc1)C(O)CC1CC1(F)F.